The summed E-state index contributed by atoms with van der Waals surface area (Å²) in [7, 11) is 0. The molecule has 0 saturated carbocycles. The Labute approximate surface area is 167 Å². The summed E-state index contributed by atoms with van der Waals surface area (Å²) >= 11 is 18.0. The highest BCUT2D eigenvalue weighted by molar-refractivity contribution is 6.42. The van der Waals surface area contributed by atoms with Crippen molar-refractivity contribution in [2.75, 3.05) is 38.0 Å². The van der Waals surface area contributed by atoms with E-state index >= 15 is 0 Å². The van der Waals surface area contributed by atoms with Crippen molar-refractivity contribution >= 4 is 46.4 Å². The van der Waals surface area contributed by atoms with Gasteiger partial charge in [0.05, 0.1) is 22.3 Å². The van der Waals surface area contributed by atoms with Crippen molar-refractivity contribution in [2.45, 2.75) is 6.54 Å². The summed E-state index contributed by atoms with van der Waals surface area (Å²) in [4.78, 5) is 20.6. The molecule has 0 radical (unpaired) electrons. The number of piperazine rings is 1. The highest BCUT2D eigenvalue weighted by Gasteiger charge is 2.19. The van der Waals surface area contributed by atoms with Crippen LogP contribution in [0.4, 0.5) is 5.69 Å². The van der Waals surface area contributed by atoms with Crippen LogP contribution in [0.2, 0.25) is 15.2 Å². The number of aromatic nitrogens is 1. The van der Waals surface area contributed by atoms with E-state index in [9.17, 15) is 4.79 Å². The van der Waals surface area contributed by atoms with Crippen LogP contribution in [0.15, 0.2) is 36.5 Å². The Balaban J connectivity index is 1.45. The molecule has 1 amide bonds. The summed E-state index contributed by atoms with van der Waals surface area (Å²) in [5.74, 6) is -0.0853. The van der Waals surface area contributed by atoms with Crippen LogP contribution in [0.25, 0.3) is 0 Å². The summed E-state index contributed by atoms with van der Waals surface area (Å²) < 4.78 is 0. The van der Waals surface area contributed by atoms with Crippen LogP contribution in [-0.2, 0) is 11.3 Å². The summed E-state index contributed by atoms with van der Waals surface area (Å²) in [6, 6.07) is 9.20. The van der Waals surface area contributed by atoms with Crippen LogP contribution in [0.1, 0.15) is 5.56 Å². The topological polar surface area (TPSA) is 48.5 Å². The first-order valence-electron chi connectivity index (χ1n) is 8.30. The average molecular weight is 414 g/mol. The molecular weight excluding hydrogens is 395 g/mol. The van der Waals surface area contributed by atoms with Crippen LogP contribution >= 0.6 is 34.8 Å². The second-order valence-electron chi connectivity index (χ2n) is 6.19. The average Bonchev–Trinajstić information content (AvgIpc) is 2.62. The zero-order valence-electron chi connectivity index (χ0n) is 14.1. The van der Waals surface area contributed by atoms with E-state index in [4.69, 9.17) is 34.8 Å². The van der Waals surface area contributed by atoms with Gasteiger partial charge in [-0.3, -0.25) is 14.6 Å². The molecule has 5 nitrogen and oxygen atoms in total. The molecule has 1 aromatic carbocycles. The fourth-order valence-electron chi connectivity index (χ4n) is 2.87. The summed E-state index contributed by atoms with van der Waals surface area (Å²) in [5, 5.41) is 4.25. The Hall–Kier alpha value is -1.37. The van der Waals surface area contributed by atoms with E-state index in [1.165, 1.54) is 0 Å². The van der Waals surface area contributed by atoms with Gasteiger partial charge < -0.3 is 5.32 Å². The van der Waals surface area contributed by atoms with Gasteiger partial charge in [0.1, 0.15) is 0 Å². The van der Waals surface area contributed by atoms with Crippen molar-refractivity contribution in [3.05, 3.63) is 57.3 Å². The second-order valence-corrected chi connectivity index (χ2v) is 7.36. The molecule has 2 heterocycles. The zero-order chi connectivity index (χ0) is 18.5. The van der Waals surface area contributed by atoms with E-state index in [0.29, 0.717) is 27.4 Å². The molecule has 0 bridgehead atoms. The predicted octanol–water partition coefficient (Wildman–Crippen LogP) is 3.80. The number of nitrogens with zero attached hydrogens (tertiary/aromatic N) is 3. The van der Waals surface area contributed by atoms with Gasteiger partial charge >= 0.3 is 0 Å². The number of amides is 1. The summed E-state index contributed by atoms with van der Waals surface area (Å²) in [6.07, 6.45) is 1.59. The van der Waals surface area contributed by atoms with E-state index < -0.39 is 0 Å². The molecular formula is C18H19Cl3N4O. The van der Waals surface area contributed by atoms with Crippen LogP contribution < -0.4 is 5.32 Å². The fraction of sp³-hybridized carbons (Fsp3) is 0.333. The van der Waals surface area contributed by atoms with E-state index in [2.05, 4.69) is 20.1 Å². The minimum atomic E-state index is -0.0853. The van der Waals surface area contributed by atoms with Gasteiger partial charge in [0.2, 0.25) is 5.91 Å². The first-order chi connectivity index (χ1) is 12.5. The van der Waals surface area contributed by atoms with E-state index in [-0.39, 0.29) is 5.91 Å². The van der Waals surface area contributed by atoms with Gasteiger partial charge in [-0.2, -0.15) is 0 Å². The number of carbonyl (C=O) groups excluding carboxylic acids is 1. The van der Waals surface area contributed by atoms with Crippen LogP contribution in [0.5, 0.6) is 0 Å². The Kier molecular flexibility index (Phi) is 6.73. The Morgan fingerprint density at radius 2 is 1.77 bits per heavy atom. The summed E-state index contributed by atoms with van der Waals surface area (Å²) in [5.41, 5.74) is 1.68. The maximum absolute atomic E-state index is 12.2. The summed E-state index contributed by atoms with van der Waals surface area (Å²) in [6.45, 7) is 4.60. The smallest absolute Gasteiger partial charge is 0.238 e. The number of nitrogens with one attached hydrogen (secondary N) is 1. The maximum atomic E-state index is 12.2. The van der Waals surface area contributed by atoms with Gasteiger partial charge in [-0.25, -0.2) is 4.98 Å². The van der Waals surface area contributed by atoms with Crippen LogP contribution in [0.3, 0.4) is 0 Å². The third kappa shape index (κ3) is 5.32. The van der Waals surface area contributed by atoms with Crippen LogP contribution in [0, 0.1) is 0 Å². The lowest BCUT2D eigenvalue weighted by Crippen LogP contribution is -2.48. The third-order valence-corrected chi connectivity index (χ3v) is 5.30. The first kappa shape index (κ1) is 19.4. The molecule has 2 aromatic rings. The molecule has 1 N–H and O–H groups in total. The van der Waals surface area contributed by atoms with Crippen molar-refractivity contribution in [2.24, 2.45) is 0 Å². The van der Waals surface area contributed by atoms with Crippen molar-refractivity contribution < 1.29 is 4.79 Å². The SMILES string of the molecule is O=C(CN1CCN(Cc2ccc(Cl)c(Cl)c2)CC1)Nc1cccnc1Cl. The van der Waals surface area contributed by atoms with Crippen molar-refractivity contribution in [3.8, 4) is 0 Å². The molecule has 0 spiro atoms. The number of pyridine rings is 1. The maximum Gasteiger partial charge on any atom is 0.238 e. The van der Waals surface area contributed by atoms with Gasteiger partial charge in [-0.1, -0.05) is 40.9 Å². The van der Waals surface area contributed by atoms with E-state index in [1.807, 2.05) is 18.2 Å². The number of hydrogen-bond acceptors (Lipinski definition) is 4. The molecule has 1 aliphatic heterocycles. The van der Waals surface area contributed by atoms with Gasteiger partial charge in [-0.05, 0) is 29.8 Å². The number of carbonyl (C=O) groups is 1. The molecule has 8 heteroatoms. The van der Waals surface area contributed by atoms with E-state index in [1.54, 1.807) is 18.3 Å². The lowest BCUT2D eigenvalue weighted by molar-refractivity contribution is -0.117. The van der Waals surface area contributed by atoms with Crippen LogP contribution in [-0.4, -0.2) is 53.4 Å². The molecule has 0 unspecified atom stereocenters. The van der Waals surface area contributed by atoms with Gasteiger partial charge in [0.25, 0.3) is 0 Å². The Morgan fingerprint density at radius 3 is 2.46 bits per heavy atom. The molecule has 0 atom stereocenters. The molecule has 138 valence electrons. The van der Waals surface area contributed by atoms with Gasteiger partial charge in [0.15, 0.2) is 5.15 Å². The van der Waals surface area contributed by atoms with Crippen molar-refractivity contribution in [1.29, 1.82) is 0 Å². The Bertz CT molecular complexity index is 779. The molecule has 3 rings (SSSR count). The first-order valence-corrected chi connectivity index (χ1v) is 9.43. The minimum absolute atomic E-state index is 0.0853. The highest BCUT2D eigenvalue weighted by atomic mass is 35.5. The lowest BCUT2D eigenvalue weighted by Gasteiger charge is -2.34. The number of anilines is 1. The standard InChI is InChI=1S/C18H19Cl3N4O/c19-14-4-3-13(10-15(14)20)11-24-6-8-25(9-7-24)12-17(26)23-16-2-1-5-22-18(16)21/h1-5,10H,6-9,11-12H2,(H,23,26). The number of benzene rings is 1. The lowest BCUT2D eigenvalue weighted by atomic mass is 10.2. The quantitative estimate of drug-likeness (QED) is 0.758. The molecule has 1 fully saturated rings. The fourth-order valence-corrected chi connectivity index (χ4v) is 3.36. The molecule has 26 heavy (non-hydrogen) atoms. The number of halogens is 3. The molecule has 1 saturated heterocycles. The minimum Gasteiger partial charge on any atom is -0.322 e. The predicted molar refractivity (Wildman–Crippen MR) is 106 cm³/mol. The monoisotopic (exact) mass is 412 g/mol. The number of rotatable bonds is 5. The largest absolute Gasteiger partial charge is 0.322 e. The molecule has 0 aliphatic carbocycles. The highest BCUT2D eigenvalue weighted by Crippen LogP contribution is 2.23. The zero-order valence-corrected chi connectivity index (χ0v) is 16.4. The van der Waals surface area contributed by atoms with Crippen molar-refractivity contribution in [1.82, 2.24) is 14.8 Å². The van der Waals surface area contributed by atoms with Gasteiger partial charge in [0, 0.05) is 38.9 Å². The van der Waals surface area contributed by atoms with Gasteiger partial charge in [-0.15, -0.1) is 0 Å². The molecule has 1 aliphatic rings. The second kappa shape index (κ2) is 9.02. The third-order valence-electron chi connectivity index (χ3n) is 4.26. The van der Waals surface area contributed by atoms with Crippen molar-refractivity contribution in [3.63, 3.8) is 0 Å². The normalized spacial score (nSPS) is 15.8. The number of hydrogen-bond donors (Lipinski definition) is 1. The van der Waals surface area contributed by atoms with E-state index in [0.717, 1.165) is 38.3 Å². The molecule has 1 aromatic heterocycles. The Morgan fingerprint density at radius 1 is 1.04 bits per heavy atom.